The maximum atomic E-state index is 12.7. The van der Waals surface area contributed by atoms with Crippen LogP contribution in [0, 0.1) is 5.41 Å². The number of amides is 2. The average molecular weight is 374 g/mol. The van der Waals surface area contributed by atoms with Crippen LogP contribution in [-0.4, -0.2) is 43.0 Å². The molecule has 6 nitrogen and oxygen atoms in total. The Kier molecular flexibility index (Phi) is 5.92. The molecule has 2 aliphatic heterocycles. The van der Waals surface area contributed by atoms with Gasteiger partial charge >= 0.3 is 0 Å². The van der Waals surface area contributed by atoms with Crippen LogP contribution in [-0.2, 0) is 9.59 Å². The quantitative estimate of drug-likeness (QED) is 0.805. The molecule has 1 fully saturated rings. The van der Waals surface area contributed by atoms with Crippen molar-refractivity contribution in [3.63, 3.8) is 0 Å². The van der Waals surface area contributed by atoms with Crippen molar-refractivity contribution in [3.8, 4) is 11.5 Å². The van der Waals surface area contributed by atoms with E-state index in [9.17, 15) is 9.59 Å². The smallest absolute Gasteiger partial charge is 0.225 e. The van der Waals surface area contributed by atoms with Crippen LogP contribution >= 0.6 is 0 Å². The molecule has 0 radical (unpaired) electrons. The maximum absolute atomic E-state index is 12.7. The van der Waals surface area contributed by atoms with Crippen LogP contribution in [0.4, 0.5) is 0 Å². The van der Waals surface area contributed by atoms with E-state index < -0.39 is 5.41 Å². The van der Waals surface area contributed by atoms with Crippen molar-refractivity contribution in [2.75, 3.05) is 26.3 Å². The number of likely N-dealkylation sites (tertiary alicyclic amines) is 1. The highest BCUT2D eigenvalue weighted by molar-refractivity contribution is 5.81. The van der Waals surface area contributed by atoms with Gasteiger partial charge in [0.05, 0.1) is 6.04 Å². The highest BCUT2D eigenvalue weighted by Crippen LogP contribution is 2.38. The minimum Gasteiger partial charge on any atom is -0.486 e. The second-order valence-corrected chi connectivity index (χ2v) is 8.26. The van der Waals surface area contributed by atoms with E-state index in [4.69, 9.17) is 9.47 Å². The molecular weight excluding hydrogens is 344 g/mol. The van der Waals surface area contributed by atoms with Gasteiger partial charge in [-0.2, -0.15) is 0 Å². The maximum Gasteiger partial charge on any atom is 0.225 e. The Morgan fingerprint density at radius 2 is 1.93 bits per heavy atom. The Hall–Kier alpha value is -2.24. The van der Waals surface area contributed by atoms with E-state index in [0.29, 0.717) is 32.6 Å². The van der Waals surface area contributed by atoms with E-state index in [1.165, 1.54) is 0 Å². The van der Waals surface area contributed by atoms with Crippen LogP contribution < -0.4 is 14.8 Å². The lowest BCUT2D eigenvalue weighted by Crippen LogP contribution is -2.36. The molecule has 1 aromatic rings. The monoisotopic (exact) mass is 374 g/mol. The molecule has 1 aromatic carbocycles. The molecule has 27 heavy (non-hydrogen) atoms. The molecule has 1 atom stereocenters. The molecule has 0 aromatic heterocycles. The Bertz CT molecular complexity index is 696. The van der Waals surface area contributed by atoms with E-state index in [-0.39, 0.29) is 17.9 Å². The molecular formula is C21H30N2O4. The van der Waals surface area contributed by atoms with Crippen LogP contribution in [0.5, 0.6) is 11.5 Å². The molecule has 1 unspecified atom stereocenters. The SMILES string of the molecule is CC(C)(C)C(=O)NCCCC(=O)N1CCCC1c1ccc2c(c1)OCCO2. The minimum absolute atomic E-state index is 0.0188. The fourth-order valence-corrected chi connectivity index (χ4v) is 3.53. The van der Waals surface area contributed by atoms with Crippen molar-refractivity contribution in [2.24, 2.45) is 5.41 Å². The van der Waals surface area contributed by atoms with Gasteiger partial charge in [-0.15, -0.1) is 0 Å². The molecule has 0 saturated carbocycles. The first-order valence-electron chi connectivity index (χ1n) is 9.83. The van der Waals surface area contributed by atoms with Crippen LogP contribution in [0.15, 0.2) is 18.2 Å². The highest BCUT2D eigenvalue weighted by Gasteiger charge is 2.30. The fraction of sp³-hybridized carbons (Fsp3) is 0.619. The lowest BCUT2D eigenvalue weighted by Gasteiger charge is -2.27. The summed E-state index contributed by atoms with van der Waals surface area (Å²) in [5, 5.41) is 2.91. The fourth-order valence-electron chi connectivity index (χ4n) is 3.53. The van der Waals surface area contributed by atoms with E-state index in [2.05, 4.69) is 5.32 Å². The summed E-state index contributed by atoms with van der Waals surface area (Å²) >= 11 is 0. The molecule has 1 N–H and O–H groups in total. The normalized spacial score (nSPS) is 19.1. The van der Waals surface area contributed by atoms with Gasteiger partial charge in [-0.3, -0.25) is 9.59 Å². The molecule has 3 rings (SSSR count). The first-order chi connectivity index (χ1) is 12.9. The van der Waals surface area contributed by atoms with Crippen LogP contribution in [0.2, 0.25) is 0 Å². The summed E-state index contributed by atoms with van der Waals surface area (Å²) in [7, 11) is 0. The molecule has 1 saturated heterocycles. The summed E-state index contributed by atoms with van der Waals surface area (Å²) in [5.41, 5.74) is 0.702. The molecule has 2 amide bonds. The summed E-state index contributed by atoms with van der Waals surface area (Å²) in [6, 6.07) is 6.08. The van der Waals surface area contributed by atoms with E-state index >= 15 is 0 Å². The summed E-state index contributed by atoms with van der Waals surface area (Å²) in [6.07, 6.45) is 3.08. The molecule has 148 valence electrons. The molecule has 2 aliphatic rings. The second-order valence-electron chi connectivity index (χ2n) is 8.26. The number of rotatable bonds is 5. The van der Waals surface area contributed by atoms with Crippen LogP contribution in [0.25, 0.3) is 0 Å². The first kappa shape index (κ1) is 19.5. The second kappa shape index (κ2) is 8.19. The Morgan fingerprint density at radius 3 is 2.67 bits per heavy atom. The van der Waals surface area contributed by atoms with E-state index in [1.54, 1.807) is 0 Å². The largest absolute Gasteiger partial charge is 0.486 e. The third-order valence-electron chi connectivity index (χ3n) is 5.06. The van der Waals surface area contributed by atoms with Gasteiger partial charge in [0, 0.05) is 24.9 Å². The number of benzene rings is 1. The molecule has 2 heterocycles. The van der Waals surface area contributed by atoms with Gasteiger partial charge in [-0.1, -0.05) is 26.8 Å². The topological polar surface area (TPSA) is 67.9 Å². The molecule has 6 heteroatoms. The highest BCUT2D eigenvalue weighted by atomic mass is 16.6. The Labute approximate surface area is 161 Å². The van der Waals surface area contributed by atoms with Crippen LogP contribution in [0.3, 0.4) is 0 Å². The zero-order chi connectivity index (χ0) is 19.4. The predicted octanol–water partition coefficient (Wildman–Crippen LogP) is 3.06. The van der Waals surface area contributed by atoms with Gasteiger partial charge in [-0.05, 0) is 37.0 Å². The number of nitrogens with zero attached hydrogens (tertiary/aromatic N) is 1. The van der Waals surface area contributed by atoms with Crippen molar-refractivity contribution in [1.82, 2.24) is 10.2 Å². The summed E-state index contributed by atoms with van der Waals surface area (Å²) in [5.74, 6) is 1.71. The molecule has 0 spiro atoms. The van der Waals surface area contributed by atoms with Crippen molar-refractivity contribution in [1.29, 1.82) is 0 Å². The Morgan fingerprint density at radius 1 is 1.19 bits per heavy atom. The van der Waals surface area contributed by atoms with Crippen molar-refractivity contribution in [3.05, 3.63) is 23.8 Å². The number of carbonyl (C=O) groups excluding carboxylic acids is 2. The van der Waals surface area contributed by atoms with Gasteiger partial charge < -0.3 is 19.7 Å². The zero-order valence-electron chi connectivity index (χ0n) is 16.5. The predicted molar refractivity (Wildman–Crippen MR) is 103 cm³/mol. The van der Waals surface area contributed by atoms with Gasteiger partial charge in [0.1, 0.15) is 13.2 Å². The van der Waals surface area contributed by atoms with Gasteiger partial charge in [0.2, 0.25) is 11.8 Å². The van der Waals surface area contributed by atoms with E-state index in [1.807, 2.05) is 43.9 Å². The van der Waals surface area contributed by atoms with Gasteiger partial charge in [0.15, 0.2) is 11.5 Å². The third kappa shape index (κ3) is 4.73. The van der Waals surface area contributed by atoms with Crippen molar-refractivity contribution >= 4 is 11.8 Å². The number of hydrogen-bond acceptors (Lipinski definition) is 4. The third-order valence-corrected chi connectivity index (χ3v) is 5.06. The summed E-state index contributed by atoms with van der Waals surface area (Å²) in [6.45, 7) is 8.10. The van der Waals surface area contributed by atoms with Crippen molar-refractivity contribution < 1.29 is 19.1 Å². The average Bonchev–Trinajstić information content (AvgIpc) is 3.13. The number of nitrogens with one attached hydrogen (secondary N) is 1. The minimum atomic E-state index is -0.401. The summed E-state index contributed by atoms with van der Waals surface area (Å²) < 4.78 is 11.3. The van der Waals surface area contributed by atoms with Crippen molar-refractivity contribution in [2.45, 2.75) is 52.5 Å². The Balaban J connectivity index is 1.55. The van der Waals surface area contributed by atoms with E-state index in [0.717, 1.165) is 36.4 Å². The van der Waals surface area contributed by atoms with Gasteiger partial charge in [0.25, 0.3) is 0 Å². The lowest BCUT2D eigenvalue weighted by atomic mass is 9.96. The summed E-state index contributed by atoms with van der Waals surface area (Å²) in [4.78, 5) is 26.6. The zero-order valence-corrected chi connectivity index (χ0v) is 16.5. The first-order valence-corrected chi connectivity index (χ1v) is 9.83. The number of ether oxygens (including phenoxy) is 2. The number of carbonyl (C=O) groups is 2. The van der Waals surface area contributed by atoms with Crippen LogP contribution in [0.1, 0.15) is 58.1 Å². The van der Waals surface area contributed by atoms with Gasteiger partial charge in [-0.25, -0.2) is 0 Å². The molecule has 0 aliphatic carbocycles. The molecule has 0 bridgehead atoms. The number of hydrogen-bond donors (Lipinski definition) is 1. The number of fused-ring (bicyclic) bond motifs is 1. The lowest BCUT2D eigenvalue weighted by molar-refractivity contribution is -0.133. The standard InChI is InChI=1S/C21H30N2O4/c1-21(2,3)20(25)22-10-4-7-19(24)23-11-5-6-16(23)15-8-9-17-18(14-15)27-13-12-26-17/h8-9,14,16H,4-7,10-13H2,1-3H3,(H,22,25).